The number of aliphatic hydroxyl groups is 1. The number of aliphatic hydroxyl groups excluding tert-OH is 1. The highest BCUT2D eigenvalue weighted by molar-refractivity contribution is 7.16. The van der Waals surface area contributed by atoms with Crippen LogP contribution in [0.15, 0.2) is 54.2 Å². The first-order chi connectivity index (χ1) is 12.8. The van der Waals surface area contributed by atoms with Crippen molar-refractivity contribution in [3.8, 4) is 0 Å². The van der Waals surface area contributed by atoms with Gasteiger partial charge in [0, 0.05) is 5.38 Å². The van der Waals surface area contributed by atoms with Crippen molar-refractivity contribution in [1.29, 1.82) is 0 Å². The summed E-state index contributed by atoms with van der Waals surface area (Å²) in [6, 6.07) is 12.6. The zero-order valence-corrected chi connectivity index (χ0v) is 14.4. The van der Waals surface area contributed by atoms with Crippen molar-refractivity contribution in [1.82, 2.24) is 9.38 Å². The van der Waals surface area contributed by atoms with Crippen molar-refractivity contribution in [2.45, 2.75) is 12.3 Å². The molecule has 0 fully saturated rings. The van der Waals surface area contributed by atoms with Crippen LogP contribution in [0.2, 0.25) is 0 Å². The Kier molecular flexibility index (Phi) is 4.12. The smallest absolute Gasteiger partial charge is 0.378 e. The molecule has 2 N–H and O–H groups in total. The Morgan fingerprint density at radius 3 is 2.67 bits per heavy atom. The van der Waals surface area contributed by atoms with Crippen LogP contribution in [0, 0.1) is 0 Å². The molecule has 1 amide bonds. The van der Waals surface area contributed by atoms with Gasteiger partial charge in [0.05, 0.1) is 0 Å². The van der Waals surface area contributed by atoms with Gasteiger partial charge in [-0.25, -0.2) is 4.98 Å². The van der Waals surface area contributed by atoms with Crippen LogP contribution in [0.4, 0.5) is 19.0 Å². The summed E-state index contributed by atoms with van der Waals surface area (Å²) < 4.78 is 39.7. The fraction of sp³-hybridized carbons (Fsp3) is 0.111. The molecule has 1 unspecified atom stereocenters. The van der Waals surface area contributed by atoms with Gasteiger partial charge in [0.25, 0.3) is 5.91 Å². The minimum absolute atomic E-state index is 0.0275. The van der Waals surface area contributed by atoms with E-state index < -0.39 is 23.9 Å². The van der Waals surface area contributed by atoms with Crippen LogP contribution in [0.25, 0.3) is 15.6 Å². The minimum Gasteiger partial charge on any atom is -0.378 e. The van der Waals surface area contributed by atoms with E-state index in [9.17, 15) is 23.1 Å². The molecule has 0 aliphatic carbocycles. The monoisotopic (exact) mass is 391 g/mol. The normalized spacial score (nSPS) is 13.2. The quantitative estimate of drug-likeness (QED) is 0.549. The van der Waals surface area contributed by atoms with Gasteiger partial charge < -0.3 is 10.4 Å². The highest BCUT2D eigenvalue weighted by atomic mass is 32.1. The van der Waals surface area contributed by atoms with Gasteiger partial charge in [0.2, 0.25) is 0 Å². The first kappa shape index (κ1) is 17.5. The summed E-state index contributed by atoms with van der Waals surface area (Å²) in [5.74, 6) is -0.798. The fourth-order valence-electron chi connectivity index (χ4n) is 2.79. The molecule has 0 saturated carbocycles. The Balaban J connectivity index is 1.59. The van der Waals surface area contributed by atoms with Crippen molar-refractivity contribution in [2.75, 3.05) is 5.32 Å². The molecule has 0 saturated heterocycles. The molecule has 27 heavy (non-hydrogen) atoms. The van der Waals surface area contributed by atoms with Crippen LogP contribution in [-0.2, 0) is 11.0 Å². The molecule has 5 nitrogen and oxygen atoms in total. The third kappa shape index (κ3) is 3.15. The summed E-state index contributed by atoms with van der Waals surface area (Å²) in [4.78, 5) is 16.3. The second kappa shape index (κ2) is 6.36. The third-order valence-corrected chi connectivity index (χ3v) is 5.09. The number of aromatic nitrogens is 2. The minimum atomic E-state index is -4.52. The first-order valence-corrected chi connectivity index (χ1v) is 8.72. The summed E-state index contributed by atoms with van der Waals surface area (Å²) >= 11 is 0.810. The molecule has 9 heteroatoms. The zero-order valence-electron chi connectivity index (χ0n) is 13.6. The number of nitrogens with one attached hydrogen (secondary N) is 1. The van der Waals surface area contributed by atoms with Crippen molar-refractivity contribution < 1.29 is 23.1 Å². The van der Waals surface area contributed by atoms with E-state index in [-0.39, 0.29) is 10.6 Å². The van der Waals surface area contributed by atoms with E-state index in [0.717, 1.165) is 38.2 Å². The van der Waals surface area contributed by atoms with Crippen molar-refractivity contribution in [2.24, 2.45) is 0 Å². The number of imidazole rings is 1. The Bertz CT molecular complexity index is 1150. The number of rotatable bonds is 3. The lowest BCUT2D eigenvalue weighted by Crippen LogP contribution is -2.21. The number of benzene rings is 2. The number of fused-ring (bicyclic) bond motifs is 2. The van der Waals surface area contributed by atoms with Gasteiger partial charge in [0.1, 0.15) is 16.9 Å². The number of amides is 1. The van der Waals surface area contributed by atoms with Gasteiger partial charge in [-0.2, -0.15) is 13.2 Å². The number of carbonyl (C=O) groups is 1. The highest BCUT2D eigenvalue weighted by Crippen LogP contribution is 2.35. The predicted molar refractivity (Wildman–Crippen MR) is 95.6 cm³/mol. The topological polar surface area (TPSA) is 66.6 Å². The molecule has 1 atom stereocenters. The molecule has 138 valence electrons. The number of nitrogens with zero attached hydrogens (tertiary/aromatic N) is 2. The number of hydrogen-bond acceptors (Lipinski definition) is 4. The Labute approximate surface area is 154 Å². The lowest BCUT2D eigenvalue weighted by atomic mass is 10.0. The maximum Gasteiger partial charge on any atom is 0.432 e. The largest absolute Gasteiger partial charge is 0.432 e. The SMILES string of the molecule is O=C(Nc1ncn2c(C(F)(F)F)csc12)C(O)c1ccc2ccccc2c1. The number of alkyl halides is 3. The molecule has 0 aliphatic rings. The van der Waals surface area contributed by atoms with E-state index >= 15 is 0 Å². The lowest BCUT2D eigenvalue weighted by Gasteiger charge is -2.11. The Morgan fingerprint density at radius 1 is 1.19 bits per heavy atom. The van der Waals surface area contributed by atoms with Crippen LogP contribution >= 0.6 is 11.3 Å². The number of carbonyl (C=O) groups excluding carboxylic acids is 1. The van der Waals surface area contributed by atoms with Crippen LogP contribution in [0.3, 0.4) is 0 Å². The maximum absolute atomic E-state index is 12.9. The average Bonchev–Trinajstić information content (AvgIpc) is 3.23. The van der Waals surface area contributed by atoms with E-state index in [1.54, 1.807) is 18.2 Å². The summed E-state index contributed by atoms with van der Waals surface area (Å²) in [6.07, 6.45) is -5.01. The molecule has 4 aromatic rings. The number of thiazole rings is 1. The summed E-state index contributed by atoms with van der Waals surface area (Å²) in [7, 11) is 0. The second-order valence-corrected chi connectivity index (χ2v) is 6.74. The molecule has 0 bridgehead atoms. The van der Waals surface area contributed by atoms with Crippen LogP contribution in [0.1, 0.15) is 17.4 Å². The van der Waals surface area contributed by atoms with Gasteiger partial charge in [-0.15, -0.1) is 11.3 Å². The highest BCUT2D eigenvalue weighted by Gasteiger charge is 2.35. The molecule has 4 rings (SSSR count). The molecule has 0 aliphatic heterocycles. The van der Waals surface area contributed by atoms with E-state index in [2.05, 4.69) is 10.3 Å². The van der Waals surface area contributed by atoms with E-state index in [1.165, 1.54) is 0 Å². The van der Waals surface area contributed by atoms with E-state index in [0.29, 0.717) is 5.56 Å². The molecule has 2 aromatic heterocycles. The van der Waals surface area contributed by atoms with Gasteiger partial charge in [0.15, 0.2) is 11.9 Å². The van der Waals surface area contributed by atoms with Crippen molar-refractivity contribution in [3.63, 3.8) is 0 Å². The number of anilines is 1. The molecule has 2 heterocycles. The van der Waals surface area contributed by atoms with Gasteiger partial charge in [-0.3, -0.25) is 9.20 Å². The van der Waals surface area contributed by atoms with Crippen LogP contribution in [-0.4, -0.2) is 20.4 Å². The summed E-state index contributed by atoms with van der Waals surface area (Å²) in [5.41, 5.74) is -0.491. The van der Waals surface area contributed by atoms with Crippen molar-refractivity contribution >= 4 is 38.7 Å². The Morgan fingerprint density at radius 2 is 1.93 bits per heavy atom. The zero-order chi connectivity index (χ0) is 19.2. The standard InChI is InChI=1S/C18H12F3N3O2S/c19-18(20,21)13-8-27-17-15(22-9-24(13)17)23-16(26)14(25)12-6-5-10-3-1-2-4-11(10)7-12/h1-9,14,25H,(H,23,26). The summed E-state index contributed by atoms with van der Waals surface area (Å²) in [6.45, 7) is 0. The second-order valence-electron chi connectivity index (χ2n) is 5.89. The Hall–Kier alpha value is -2.91. The maximum atomic E-state index is 12.9. The van der Waals surface area contributed by atoms with E-state index in [1.807, 2.05) is 24.3 Å². The number of halogens is 3. The lowest BCUT2D eigenvalue weighted by molar-refractivity contribution is -0.141. The molecule has 0 radical (unpaired) electrons. The van der Waals surface area contributed by atoms with Gasteiger partial charge in [-0.1, -0.05) is 36.4 Å². The first-order valence-electron chi connectivity index (χ1n) is 7.84. The molecular weight excluding hydrogens is 379 g/mol. The molecular formula is C18H12F3N3O2S. The molecule has 2 aromatic carbocycles. The predicted octanol–water partition coefficient (Wildman–Crippen LogP) is 4.24. The van der Waals surface area contributed by atoms with Crippen LogP contribution < -0.4 is 5.32 Å². The third-order valence-electron chi connectivity index (χ3n) is 4.14. The van der Waals surface area contributed by atoms with Gasteiger partial charge in [-0.05, 0) is 22.4 Å². The molecule has 0 spiro atoms. The van der Waals surface area contributed by atoms with Crippen molar-refractivity contribution in [3.05, 3.63) is 65.4 Å². The summed E-state index contributed by atoms with van der Waals surface area (Å²) in [5, 5.41) is 15.5. The van der Waals surface area contributed by atoms with Gasteiger partial charge >= 0.3 is 6.18 Å². The fourth-order valence-corrected chi connectivity index (χ4v) is 3.74. The van der Waals surface area contributed by atoms with Crippen LogP contribution in [0.5, 0.6) is 0 Å². The number of hydrogen-bond donors (Lipinski definition) is 2. The average molecular weight is 391 g/mol. The van der Waals surface area contributed by atoms with E-state index in [4.69, 9.17) is 0 Å².